The summed E-state index contributed by atoms with van der Waals surface area (Å²) < 4.78 is 0. The van der Waals surface area contributed by atoms with Gasteiger partial charge in [-0.05, 0) is 25.2 Å². The van der Waals surface area contributed by atoms with Gasteiger partial charge >= 0.3 is 5.97 Å². The maximum atomic E-state index is 12.9. The second kappa shape index (κ2) is 13.5. The van der Waals surface area contributed by atoms with Gasteiger partial charge in [0.05, 0.1) is 12.1 Å². The lowest BCUT2D eigenvalue weighted by atomic mass is 9.96. The third-order valence-electron chi connectivity index (χ3n) is 4.71. The molecule has 0 aliphatic heterocycles. The molecule has 0 spiro atoms. The minimum absolute atomic E-state index is 0.00474. The van der Waals surface area contributed by atoms with Crippen molar-refractivity contribution in [2.75, 3.05) is 5.75 Å². The molecule has 0 fully saturated rings. The number of carboxylic acids is 1. The van der Waals surface area contributed by atoms with Crippen LogP contribution in [0.4, 0.5) is 0 Å². The number of rotatable bonds is 13. The monoisotopic (exact) mass is 448 g/mol. The van der Waals surface area contributed by atoms with Gasteiger partial charge in [-0.2, -0.15) is 12.6 Å². The molecule has 7 N–H and O–H groups in total. The molecular weight excluding hydrogens is 412 g/mol. The second-order valence-corrected chi connectivity index (χ2v) is 8.28. The first-order valence-corrected chi connectivity index (χ1v) is 10.7. The van der Waals surface area contributed by atoms with Gasteiger partial charge in [-0.1, -0.05) is 34.1 Å². The summed E-state index contributed by atoms with van der Waals surface area (Å²) in [5.74, 6) is -3.36. The Kier molecular flexibility index (Phi) is 12.6. The number of nitrogens with two attached hydrogens (primary N) is 1. The number of amides is 3. The fourth-order valence-corrected chi connectivity index (χ4v) is 2.82. The lowest BCUT2D eigenvalue weighted by molar-refractivity contribution is -0.145. The lowest BCUT2D eigenvalue weighted by Gasteiger charge is -2.28. The van der Waals surface area contributed by atoms with E-state index in [0.717, 1.165) is 0 Å². The van der Waals surface area contributed by atoms with Crippen LogP contribution < -0.4 is 21.7 Å². The Balaban J connectivity index is 5.52. The highest BCUT2D eigenvalue weighted by Gasteiger charge is 2.33. The smallest absolute Gasteiger partial charge is 0.328 e. The van der Waals surface area contributed by atoms with Gasteiger partial charge in [-0.3, -0.25) is 14.4 Å². The highest BCUT2D eigenvalue weighted by molar-refractivity contribution is 7.80. The van der Waals surface area contributed by atoms with Crippen molar-refractivity contribution in [3.63, 3.8) is 0 Å². The van der Waals surface area contributed by atoms with Crippen LogP contribution >= 0.6 is 12.6 Å². The molecule has 0 aliphatic carbocycles. The number of hydrogen-bond acceptors (Lipinski definition) is 7. The van der Waals surface area contributed by atoms with E-state index < -0.39 is 54.0 Å². The SMILES string of the molecule is CCC(C)C(NC(=O)C(N)CS)C(=O)NC(CC(C)C)C(=O)NC(C(=O)O)C(C)O. The molecule has 6 atom stereocenters. The summed E-state index contributed by atoms with van der Waals surface area (Å²) in [5, 5.41) is 26.2. The summed E-state index contributed by atoms with van der Waals surface area (Å²) in [6, 6.07) is -4.37. The molecule has 0 aromatic rings. The van der Waals surface area contributed by atoms with Gasteiger partial charge in [-0.25, -0.2) is 4.79 Å². The van der Waals surface area contributed by atoms with E-state index in [9.17, 15) is 29.4 Å². The summed E-state index contributed by atoms with van der Waals surface area (Å²) in [6.45, 7) is 8.56. The highest BCUT2D eigenvalue weighted by Crippen LogP contribution is 2.11. The Hall–Kier alpha value is -1.85. The molecule has 30 heavy (non-hydrogen) atoms. The Labute approximate surface area is 183 Å². The van der Waals surface area contributed by atoms with Crippen LogP contribution in [0.25, 0.3) is 0 Å². The minimum atomic E-state index is -1.51. The quantitative estimate of drug-likeness (QED) is 0.182. The van der Waals surface area contributed by atoms with Crippen LogP contribution in [0.1, 0.15) is 47.5 Å². The zero-order chi connectivity index (χ0) is 23.6. The molecule has 0 radical (unpaired) electrons. The van der Waals surface area contributed by atoms with E-state index in [0.29, 0.717) is 6.42 Å². The predicted octanol–water partition coefficient (Wildman–Crippen LogP) is -0.744. The van der Waals surface area contributed by atoms with Crippen molar-refractivity contribution in [2.45, 2.75) is 77.7 Å². The second-order valence-electron chi connectivity index (χ2n) is 7.92. The van der Waals surface area contributed by atoms with Crippen molar-refractivity contribution >= 4 is 36.3 Å². The molecule has 0 bridgehead atoms. The van der Waals surface area contributed by atoms with Crippen molar-refractivity contribution in [3.8, 4) is 0 Å². The molecule has 3 amide bonds. The summed E-state index contributed by atoms with van der Waals surface area (Å²) in [6.07, 6.45) is -0.503. The summed E-state index contributed by atoms with van der Waals surface area (Å²) in [4.78, 5) is 49.0. The molecule has 0 aromatic heterocycles. The standard InChI is InChI=1S/C19H36N4O6S/c1-6-10(4)14(22-16(25)12(20)8-30)18(27)21-13(7-9(2)3)17(26)23-15(11(5)24)19(28)29/h9-15,24,30H,6-8,20H2,1-5H3,(H,21,27)(H,22,25)(H,23,26)(H,28,29). The van der Waals surface area contributed by atoms with Gasteiger partial charge in [0.25, 0.3) is 0 Å². The van der Waals surface area contributed by atoms with Crippen molar-refractivity contribution < 1.29 is 29.4 Å². The van der Waals surface area contributed by atoms with Crippen LogP contribution in [0.5, 0.6) is 0 Å². The molecule has 0 saturated carbocycles. The molecule has 0 saturated heterocycles. The molecule has 0 aliphatic rings. The number of hydrogen-bond donors (Lipinski definition) is 7. The number of thiol groups is 1. The molecule has 0 rings (SSSR count). The summed E-state index contributed by atoms with van der Waals surface area (Å²) in [5.41, 5.74) is 5.67. The molecule has 174 valence electrons. The normalized spacial score (nSPS) is 17.2. The van der Waals surface area contributed by atoms with Crippen LogP contribution in [0.3, 0.4) is 0 Å². The van der Waals surface area contributed by atoms with Gasteiger partial charge in [0.2, 0.25) is 17.7 Å². The first kappa shape index (κ1) is 28.1. The first-order chi connectivity index (χ1) is 13.8. The Morgan fingerprint density at radius 3 is 1.87 bits per heavy atom. The van der Waals surface area contributed by atoms with Crippen molar-refractivity contribution in [3.05, 3.63) is 0 Å². The molecule has 0 aromatic carbocycles. The first-order valence-electron chi connectivity index (χ1n) is 10.0. The van der Waals surface area contributed by atoms with Crippen molar-refractivity contribution in [1.82, 2.24) is 16.0 Å². The van der Waals surface area contributed by atoms with Crippen LogP contribution in [-0.4, -0.2) is 69.9 Å². The van der Waals surface area contributed by atoms with Crippen LogP contribution in [0.15, 0.2) is 0 Å². The Bertz CT molecular complexity index is 602. The molecule has 6 unspecified atom stereocenters. The van der Waals surface area contributed by atoms with E-state index >= 15 is 0 Å². The van der Waals surface area contributed by atoms with E-state index in [4.69, 9.17) is 5.73 Å². The van der Waals surface area contributed by atoms with E-state index in [2.05, 4.69) is 28.6 Å². The van der Waals surface area contributed by atoms with Gasteiger partial charge in [0.1, 0.15) is 12.1 Å². The molecule has 10 nitrogen and oxygen atoms in total. The van der Waals surface area contributed by atoms with E-state index in [-0.39, 0.29) is 24.0 Å². The average molecular weight is 449 g/mol. The van der Waals surface area contributed by atoms with Crippen molar-refractivity contribution in [1.29, 1.82) is 0 Å². The Morgan fingerprint density at radius 2 is 1.47 bits per heavy atom. The Morgan fingerprint density at radius 1 is 0.933 bits per heavy atom. The van der Waals surface area contributed by atoms with E-state index in [1.165, 1.54) is 6.92 Å². The number of aliphatic hydroxyl groups excluding tert-OH is 1. The predicted molar refractivity (Wildman–Crippen MR) is 116 cm³/mol. The maximum absolute atomic E-state index is 12.9. The summed E-state index contributed by atoms with van der Waals surface area (Å²) in [7, 11) is 0. The number of nitrogens with one attached hydrogen (secondary N) is 3. The van der Waals surface area contributed by atoms with Gasteiger partial charge in [0.15, 0.2) is 6.04 Å². The van der Waals surface area contributed by atoms with E-state index in [1.807, 2.05) is 20.8 Å². The molecule has 11 heteroatoms. The van der Waals surface area contributed by atoms with Crippen LogP contribution in [0, 0.1) is 11.8 Å². The largest absolute Gasteiger partial charge is 0.480 e. The third kappa shape index (κ3) is 9.31. The average Bonchev–Trinajstić information content (AvgIpc) is 2.66. The van der Waals surface area contributed by atoms with Crippen molar-refractivity contribution in [2.24, 2.45) is 17.6 Å². The van der Waals surface area contributed by atoms with Crippen LogP contribution in [0.2, 0.25) is 0 Å². The number of carbonyl (C=O) groups is 4. The van der Waals surface area contributed by atoms with Crippen LogP contribution in [-0.2, 0) is 19.2 Å². The maximum Gasteiger partial charge on any atom is 0.328 e. The number of aliphatic hydroxyl groups is 1. The van der Waals surface area contributed by atoms with E-state index in [1.54, 1.807) is 6.92 Å². The molecular formula is C19H36N4O6S. The van der Waals surface area contributed by atoms with Gasteiger partial charge < -0.3 is 31.9 Å². The zero-order valence-corrected chi connectivity index (χ0v) is 19.1. The van der Waals surface area contributed by atoms with Gasteiger partial charge in [0, 0.05) is 5.75 Å². The highest BCUT2D eigenvalue weighted by atomic mass is 32.1. The molecule has 0 heterocycles. The summed E-state index contributed by atoms with van der Waals surface area (Å²) >= 11 is 3.98. The number of carbonyl (C=O) groups excluding carboxylic acids is 3. The number of aliphatic carboxylic acids is 1. The lowest BCUT2D eigenvalue weighted by Crippen LogP contribution is -2.59. The topological polar surface area (TPSA) is 171 Å². The van der Waals surface area contributed by atoms with Gasteiger partial charge in [-0.15, -0.1) is 0 Å². The fourth-order valence-electron chi connectivity index (χ4n) is 2.65. The fraction of sp³-hybridized carbons (Fsp3) is 0.789. The minimum Gasteiger partial charge on any atom is -0.480 e. The number of carboxylic acid groups (broad SMARTS) is 1. The third-order valence-corrected chi connectivity index (χ3v) is 5.11. The zero-order valence-electron chi connectivity index (χ0n) is 18.2.